The Balaban J connectivity index is 2.48. The van der Waals surface area contributed by atoms with Crippen LogP contribution in [0.1, 0.15) is 156 Å². The van der Waals surface area contributed by atoms with Crippen molar-refractivity contribution in [1.29, 1.82) is 0 Å². The molecule has 0 N–H and O–H groups in total. The summed E-state index contributed by atoms with van der Waals surface area (Å²) in [4.78, 5) is 0. The first-order valence-electron chi connectivity index (χ1n) is 14.2. The Hall–Kier alpha value is -2.31. The number of hydrogen-bond donors (Lipinski definition) is 0. The molecular weight excluding hydrogens is 455 g/mol. The van der Waals surface area contributed by atoms with Gasteiger partial charge in [0, 0.05) is 33.3 Å². The van der Waals surface area contributed by atoms with Crippen LogP contribution in [0, 0.1) is 0 Å². The number of rotatable bonds is 6. The summed E-state index contributed by atoms with van der Waals surface area (Å²) in [6, 6.07) is 6.91. The van der Waals surface area contributed by atoms with Gasteiger partial charge in [-0.1, -0.05) is 104 Å². The van der Waals surface area contributed by atoms with E-state index in [1.54, 1.807) is 0 Å². The monoisotopic (exact) mass is 507 g/mol. The Morgan fingerprint density at radius 1 is 0.486 bits per heavy atom. The summed E-state index contributed by atoms with van der Waals surface area (Å²) in [5.41, 5.74) is 6.86. The number of hydrogen-bond acceptors (Lipinski definition) is 3. The molecule has 0 bridgehead atoms. The Morgan fingerprint density at radius 3 is 0.865 bits per heavy atom. The molecule has 6 nitrogen and oxygen atoms in total. The van der Waals surface area contributed by atoms with Gasteiger partial charge in [0.25, 0.3) is 0 Å². The Labute approximate surface area is 226 Å². The third-order valence-electron chi connectivity index (χ3n) is 7.32. The van der Waals surface area contributed by atoms with Gasteiger partial charge in [-0.15, -0.1) is 0 Å². The molecule has 7 heteroatoms. The Bertz CT molecular complexity index is 1070. The molecule has 0 aliphatic carbocycles. The van der Waals surface area contributed by atoms with Crippen LogP contribution in [0.2, 0.25) is 0 Å². The number of aromatic nitrogens is 6. The minimum Gasteiger partial charge on any atom is -0.400 e. The second-order valence-corrected chi connectivity index (χ2v) is 15.0. The highest BCUT2D eigenvalue weighted by Gasteiger charge is 2.30. The molecule has 0 radical (unpaired) electrons. The topological polar surface area (TPSA) is 53.5 Å². The third kappa shape index (κ3) is 5.91. The van der Waals surface area contributed by atoms with Crippen molar-refractivity contribution in [1.82, 2.24) is 29.1 Å². The van der Waals surface area contributed by atoms with Crippen molar-refractivity contribution >= 4 is 7.12 Å². The molecule has 206 valence electrons. The lowest BCUT2D eigenvalue weighted by atomic mass is 9.88. The lowest BCUT2D eigenvalue weighted by molar-refractivity contribution is 0.547. The van der Waals surface area contributed by atoms with Gasteiger partial charge in [-0.25, -0.2) is 15.3 Å². The van der Waals surface area contributed by atoms with Gasteiger partial charge >= 0.3 is 7.12 Å². The van der Waals surface area contributed by atoms with Crippen molar-refractivity contribution in [3.8, 4) is 0 Å². The highest BCUT2D eigenvalue weighted by molar-refractivity contribution is 6.53. The zero-order valence-electron chi connectivity index (χ0n) is 26.4. The predicted molar refractivity (Wildman–Crippen MR) is 158 cm³/mol. The summed E-state index contributed by atoms with van der Waals surface area (Å²) in [6.45, 7) is 33.7. The van der Waals surface area contributed by atoms with E-state index in [-0.39, 0.29) is 16.2 Å². The first-order chi connectivity index (χ1) is 16.7. The lowest BCUT2D eigenvalue weighted by Crippen LogP contribution is -2.47. The lowest BCUT2D eigenvalue weighted by Gasteiger charge is -2.34. The van der Waals surface area contributed by atoms with Crippen LogP contribution in [0.3, 0.4) is 0 Å². The zero-order valence-corrected chi connectivity index (χ0v) is 26.4. The molecule has 3 heterocycles. The van der Waals surface area contributed by atoms with Crippen molar-refractivity contribution in [2.24, 2.45) is 0 Å². The molecule has 37 heavy (non-hydrogen) atoms. The van der Waals surface area contributed by atoms with Crippen molar-refractivity contribution in [2.45, 2.75) is 138 Å². The van der Waals surface area contributed by atoms with Crippen molar-refractivity contribution in [2.75, 3.05) is 0 Å². The fraction of sp³-hybridized carbons (Fsp3) is 0.700. The van der Waals surface area contributed by atoms with Crippen molar-refractivity contribution in [3.63, 3.8) is 0 Å². The van der Waals surface area contributed by atoms with Crippen LogP contribution in [-0.2, 0) is 16.2 Å². The largest absolute Gasteiger partial charge is 0.400 e. The van der Waals surface area contributed by atoms with Gasteiger partial charge in [0.2, 0.25) is 0 Å². The molecule has 3 aromatic rings. The van der Waals surface area contributed by atoms with Gasteiger partial charge in [-0.2, -0.15) is 0 Å². The molecule has 0 saturated carbocycles. The summed E-state index contributed by atoms with van der Waals surface area (Å²) in [5, 5.41) is 16.0. The Kier molecular flexibility index (Phi) is 7.73. The highest BCUT2D eigenvalue weighted by Crippen LogP contribution is 2.31. The van der Waals surface area contributed by atoms with Gasteiger partial charge in [0.15, 0.2) is 0 Å². The van der Waals surface area contributed by atoms with E-state index in [0.717, 1.165) is 17.1 Å². The van der Waals surface area contributed by atoms with E-state index >= 15 is 0 Å². The van der Waals surface area contributed by atoms with Crippen LogP contribution in [0.5, 0.6) is 0 Å². The molecule has 3 aromatic heterocycles. The first-order valence-corrected chi connectivity index (χ1v) is 14.2. The van der Waals surface area contributed by atoms with E-state index in [4.69, 9.17) is 15.3 Å². The molecular formula is C30H52BN6-. The molecule has 0 unspecified atom stereocenters. The van der Waals surface area contributed by atoms with Crippen LogP contribution in [0.15, 0.2) is 18.2 Å². The molecule has 0 aliphatic rings. The summed E-state index contributed by atoms with van der Waals surface area (Å²) >= 11 is 0. The molecule has 0 fully saturated rings. The maximum Gasteiger partial charge on any atom is 0.326 e. The van der Waals surface area contributed by atoms with Crippen molar-refractivity contribution in [3.05, 3.63) is 52.4 Å². The average Bonchev–Trinajstić information content (AvgIpc) is 3.44. The molecule has 0 spiro atoms. The minimum atomic E-state index is -1.53. The number of nitrogens with zero attached hydrogens (tertiary/aromatic N) is 6. The molecule has 3 rings (SSSR count). The van der Waals surface area contributed by atoms with Crippen LogP contribution in [0.4, 0.5) is 0 Å². The summed E-state index contributed by atoms with van der Waals surface area (Å²) < 4.78 is 6.84. The third-order valence-corrected chi connectivity index (χ3v) is 7.32. The maximum atomic E-state index is 5.33. The maximum absolute atomic E-state index is 5.33. The predicted octanol–water partition coefficient (Wildman–Crippen LogP) is 7.20. The molecule has 0 aliphatic heterocycles. The van der Waals surface area contributed by atoms with Crippen LogP contribution in [0.25, 0.3) is 0 Å². The molecule has 0 aromatic carbocycles. The van der Waals surface area contributed by atoms with Crippen LogP contribution < -0.4 is 0 Å². The summed E-state index contributed by atoms with van der Waals surface area (Å²) in [6.07, 6.45) is 0. The van der Waals surface area contributed by atoms with Gasteiger partial charge < -0.3 is 13.8 Å². The van der Waals surface area contributed by atoms with Crippen LogP contribution in [-0.4, -0.2) is 36.2 Å². The highest BCUT2D eigenvalue weighted by atomic mass is 15.5. The van der Waals surface area contributed by atoms with E-state index in [1.165, 1.54) is 17.1 Å². The average molecular weight is 508 g/mol. The van der Waals surface area contributed by atoms with Crippen molar-refractivity contribution < 1.29 is 0 Å². The Morgan fingerprint density at radius 2 is 0.703 bits per heavy atom. The zero-order chi connectivity index (χ0) is 28.2. The van der Waals surface area contributed by atoms with E-state index in [2.05, 4.69) is 136 Å². The smallest absolute Gasteiger partial charge is 0.326 e. The van der Waals surface area contributed by atoms with E-state index in [9.17, 15) is 0 Å². The first kappa shape index (κ1) is 29.3. The standard InChI is InChI=1S/C30H52BN6/c1-19(2)22-16-25(28(7,8)9)32-35(22)31(36-23(20(3)4)17-26(33-36)29(10,11)12)37-24(21(5)6)18-27(34-37)30(13,14)15/h16-21,31H,1-15H3/q-1. The molecule has 0 amide bonds. The fourth-order valence-electron chi connectivity index (χ4n) is 4.85. The van der Waals surface area contributed by atoms with E-state index in [1.807, 2.05) is 0 Å². The quantitative estimate of drug-likeness (QED) is 0.332. The van der Waals surface area contributed by atoms with E-state index < -0.39 is 7.12 Å². The van der Waals surface area contributed by atoms with E-state index in [0.29, 0.717) is 17.8 Å². The van der Waals surface area contributed by atoms with Gasteiger partial charge in [-0.3, -0.25) is 0 Å². The normalized spacial score (nSPS) is 13.7. The molecule has 0 atom stereocenters. The SMILES string of the molecule is CC(C)c1cc(C(C)(C)C)nn1[BH-](n1nc(C(C)(C)C)cc1C(C)C)n1nc(C(C)(C)C)cc1C(C)C. The fourth-order valence-corrected chi connectivity index (χ4v) is 4.85. The second kappa shape index (κ2) is 9.78. The second-order valence-electron chi connectivity index (χ2n) is 15.0. The van der Waals surface area contributed by atoms with Gasteiger partial charge in [-0.05, 0) is 36.0 Å². The van der Waals surface area contributed by atoms with Gasteiger partial charge in [0.1, 0.15) is 0 Å². The molecule has 0 saturated heterocycles. The van der Waals surface area contributed by atoms with Crippen LogP contribution >= 0.6 is 0 Å². The minimum absolute atomic E-state index is 0.0536. The summed E-state index contributed by atoms with van der Waals surface area (Å²) in [7, 11) is -1.53. The summed E-state index contributed by atoms with van der Waals surface area (Å²) in [5.74, 6) is 0.955. The van der Waals surface area contributed by atoms with Gasteiger partial charge in [0.05, 0.1) is 17.1 Å².